The van der Waals surface area contributed by atoms with Crippen LogP contribution in [0.1, 0.15) is 11.1 Å². The standard InChI is InChI=1S/C32H19N3/c33-20-22-11-12-27(21-34)32(17-22)35-30-15-13-25(23-7-3-1-4-8-23)18-28(30)29-19-26(14-16-31(29)35)24-9-5-2-6-10-24/h1-19H. The van der Waals surface area contributed by atoms with Gasteiger partial charge in [0.1, 0.15) is 6.07 Å². The second kappa shape index (κ2) is 8.34. The molecule has 35 heavy (non-hydrogen) atoms. The summed E-state index contributed by atoms with van der Waals surface area (Å²) in [4.78, 5) is 0. The molecule has 162 valence electrons. The summed E-state index contributed by atoms with van der Waals surface area (Å²) in [6.07, 6.45) is 0. The van der Waals surface area contributed by atoms with E-state index in [0.29, 0.717) is 16.8 Å². The first kappa shape index (κ1) is 20.5. The van der Waals surface area contributed by atoms with Gasteiger partial charge >= 0.3 is 0 Å². The summed E-state index contributed by atoms with van der Waals surface area (Å²) in [5.41, 5.74) is 8.33. The van der Waals surface area contributed by atoms with Gasteiger partial charge in [0, 0.05) is 10.8 Å². The molecule has 3 nitrogen and oxygen atoms in total. The van der Waals surface area contributed by atoms with Crippen molar-refractivity contribution in [3.8, 4) is 40.1 Å². The number of hydrogen-bond donors (Lipinski definition) is 0. The van der Waals surface area contributed by atoms with Crippen LogP contribution >= 0.6 is 0 Å². The van der Waals surface area contributed by atoms with Crippen molar-refractivity contribution in [2.24, 2.45) is 0 Å². The molecular formula is C32H19N3. The summed E-state index contributed by atoms with van der Waals surface area (Å²) in [6.45, 7) is 0. The maximum Gasteiger partial charge on any atom is 0.101 e. The van der Waals surface area contributed by atoms with Crippen molar-refractivity contribution in [3.63, 3.8) is 0 Å². The van der Waals surface area contributed by atoms with Gasteiger partial charge < -0.3 is 4.57 Å². The van der Waals surface area contributed by atoms with Gasteiger partial charge in [-0.2, -0.15) is 10.5 Å². The van der Waals surface area contributed by atoms with Crippen LogP contribution in [0.25, 0.3) is 49.7 Å². The van der Waals surface area contributed by atoms with E-state index in [4.69, 9.17) is 0 Å². The highest BCUT2D eigenvalue weighted by Crippen LogP contribution is 2.37. The third-order valence-electron chi connectivity index (χ3n) is 6.47. The molecule has 0 amide bonds. The molecule has 1 heterocycles. The number of nitriles is 2. The largest absolute Gasteiger partial charge is 0.308 e. The molecule has 0 bridgehead atoms. The Hall–Kier alpha value is -5.12. The van der Waals surface area contributed by atoms with Crippen LogP contribution in [0.3, 0.4) is 0 Å². The molecule has 0 atom stereocenters. The van der Waals surface area contributed by atoms with E-state index in [2.05, 4.69) is 77.4 Å². The van der Waals surface area contributed by atoms with Gasteiger partial charge in [-0.05, 0) is 64.7 Å². The fourth-order valence-corrected chi connectivity index (χ4v) is 4.78. The number of aromatic nitrogens is 1. The zero-order valence-corrected chi connectivity index (χ0v) is 18.8. The zero-order chi connectivity index (χ0) is 23.8. The normalized spacial score (nSPS) is 10.8. The first-order chi connectivity index (χ1) is 17.3. The number of benzene rings is 5. The monoisotopic (exact) mass is 445 g/mol. The lowest BCUT2D eigenvalue weighted by Gasteiger charge is -2.11. The molecule has 0 unspecified atom stereocenters. The molecule has 5 aromatic carbocycles. The van der Waals surface area contributed by atoms with Crippen LogP contribution in [0.4, 0.5) is 0 Å². The Morgan fingerprint density at radius 1 is 0.486 bits per heavy atom. The van der Waals surface area contributed by atoms with Crippen LogP contribution in [-0.2, 0) is 0 Å². The minimum Gasteiger partial charge on any atom is -0.308 e. The lowest BCUT2D eigenvalue weighted by Crippen LogP contribution is -1.98. The first-order valence-electron chi connectivity index (χ1n) is 11.4. The number of rotatable bonds is 3. The fourth-order valence-electron chi connectivity index (χ4n) is 4.78. The van der Waals surface area contributed by atoms with Gasteiger partial charge in [-0.1, -0.05) is 72.8 Å². The highest BCUT2D eigenvalue weighted by atomic mass is 15.0. The number of fused-ring (bicyclic) bond motifs is 3. The van der Waals surface area contributed by atoms with E-state index in [1.165, 1.54) is 0 Å². The van der Waals surface area contributed by atoms with Gasteiger partial charge in [0.25, 0.3) is 0 Å². The summed E-state index contributed by atoms with van der Waals surface area (Å²) >= 11 is 0. The highest BCUT2D eigenvalue weighted by molar-refractivity contribution is 6.11. The van der Waals surface area contributed by atoms with Gasteiger partial charge in [-0.15, -0.1) is 0 Å². The maximum absolute atomic E-state index is 9.86. The van der Waals surface area contributed by atoms with Crippen molar-refractivity contribution >= 4 is 21.8 Å². The molecule has 6 rings (SSSR count). The second-order valence-electron chi connectivity index (χ2n) is 8.49. The molecule has 0 radical (unpaired) electrons. The van der Waals surface area contributed by atoms with Crippen LogP contribution < -0.4 is 0 Å². The van der Waals surface area contributed by atoms with Crippen LogP contribution in [-0.4, -0.2) is 4.57 Å². The van der Waals surface area contributed by atoms with Gasteiger partial charge in [-0.3, -0.25) is 0 Å². The zero-order valence-electron chi connectivity index (χ0n) is 18.8. The topological polar surface area (TPSA) is 52.5 Å². The predicted molar refractivity (Wildman–Crippen MR) is 141 cm³/mol. The second-order valence-corrected chi connectivity index (χ2v) is 8.49. The molecule has 0 saturated heterocycles. The quantitative estimate of drug-likeness (QED) is 0.278. The summed E-state index contributed by atoms with van der Waals surface area (Å²) < 4.78 is 2.10. The molecular weight excluding hydrogens is 426 g/mol. The first-order valence-corrected chi connectivity index (χ1v) is 11.4. The Morgan fingerprint density at radius 2 is 1.03 bits per heavy atom. The average molecular weight is 446 g/mol. The predicted octanol–water partition coefficient (Wildman–Crippen LogP) is 7.86. The van der Waals surface area contributed by atoms with E-state index < -0.39 is 0 Å². The fraction of sp³-hybridized carbons (Fsp3) is 0. The molecule has 0 aliphatic carbocycles. The lowest BCUT2D eigenvalue weighted by atomic mass is 10.0. The Kier molecular flexibility index (Phi) is 4.88. The summed E-state index contributed by atoms with van der Waals surface area (Å²) in [6, 6.07) is 43.3. The lowest BCUT2D eigenvalue weighted by molar-refractivity contribution is 1.16. The van der Waals surface area contributed by atoms with Crippen LogP contribution in [0.5, 0.6) is 0 Å². The van der Waals surface area contributed by atoms with Crippen LogP contribution in [0, 0.1) is 22.7 Å². The Morgan fingerprint density at radius 3 is 1.51 bits per heavy atom. The summed E-state index contributed by atoms with van der Waals surface area (Å²) in [5.74, 6) is 0. The van der Waals surface area contributed by atoms with Crippen molar-refractivity contribution in [1.82, 2.24) is 4.57 Å². The molecule has 3 heteroatoms. The van der Waals surface area contributed by atoms with E-state index in [0.717, 1.165) is 44.1 Å². The van der Waals surface area contributed by atoms with E-state index in [-0.39, 0.29) is 0 Å². The molecule has 1 aromatic heterocycles. The summed E-state index contributed by atoms with van der Waals surface area (Å²) in [7, 11) is 0. The molecule has 0 N–H and O–H groups in total. The molecule has 0 aliphatic heterocycles. The highest BCUT2D eigenvalue weighted by Gasteiger charge is 2.17. The van der Waals surface area contributed by atoms with E-state index in [1.807, 2.05) is 36.4 Å². The minimum absolute atomic E-state index is 0.524. The Balaban J connectivity index is 1.71. The van der Waals surface area contributed by atoms with Crippen molar-refractivity contribution in [2.75, 3.05) is 0 Å². The third kappa shape index (κ3) is 3.44. The van der Waals surface area contributed by atoms with Gasteiger partial charge in [-0.25, -0.2) is 0 Å². The Labute approximate surface area is 203 Å². The molecule has 0 aliphatic rings. The SMILES string of the molecule is N#Cc1ccc(C#N)c(-n2c3ccc(-c4ccccc4)cc3c3cc(-c4ccccc4)ccc32)c1. The van der Waals surface area contributed by atoms with Crippen LogP contribution in [0.2, 0.25) is 0 Å². The number of nitrogens with zero attached hydrogens (tertiary/aromatic N) is 3. The average Bonchev–Trinajstić information content (AvgIpc) is 3.26. The molecule has 0 saturated carbocycles. The minimum atomic E-state index is 0.524. The maximum atomic E-state index is 9.86. The molecule has 0 spiro atoms. The summed E-state index contributed by atoms with van der Waals surface area (Å²) in [5, 5.41) is 21.6. The Bertz CT molecular complexity index is 1700. The van der Waals surface area contributed by atoms with Gasteiger partial charge in [0.15, 0.2) is 0 Å². The smallest absolute Gasteiger partial charge is 0.101 e. The van der Waals surface area contributed by atoms with Crippen molar-refractivity contribution in [2.45, 2.75) is 0 Å². The van der Waals surface area contributed by atoms with E-state index in [9.17, 15) is 10.5 Å². The van der Waals surface area contributed by atoms with Gasteiger partial charge in [0.2, 0.25) is 0 Å². The van der Waals surface area contributed by atoms with Gasteiger partial charge in [0.05, 0.1) is 33.9 Å². The van der Waals surface area contributed by atoms with E-state index in [1.54, 1.807) is 18.2 Å². The van der Waals surface area contributed by atoms with E-state index >= 15 is 0 Å². The van der Waals surface area contributed by atoms with Crippen molar-refractivity contribution in [1.29, 1.82) is 10.5 Å². The molecule has 0 fully saturated rings. The van der Waals surface area contributed by atoms with Crippen molar-refractivity contribution < 1.29 is 0 Å². The van der Waals surface area contributed by atoms with Crippen molar-refractivity contribution in [3.05, 3.63) is 126 Å². The molecule has 6 aromatic rings. The van der Waals surface area contributed by atoms with Crippen LogP contribution in [0.15, 0.2) is 115 Å². The third-order valence-corrected chi connectivity index (χ3v) is 6.47. The number of hydrogen-bond acceptors (Lipinski definition) is 2.